The maximum absolute atomic E-state index is 13.6. The number of carbonyl (C=O) groups excluding carboxylic acids is 1. The molecule has 5 rings (SSSR count). The van der Waals surface area contributed by atoms with Crippen LogP contribution in [0.5, 0.6) is 0 Å². The van der Waals surface area contributed by atoms with Crippen LogP contribution < -0.4 is 5.32 Å². The lowest BCUT2D eigenvalue weighted by Crippen LogP contribution is -2.32. The summed E-state index contributed by atoms with van der Waals surface area (Å²) in [6.07, 6.45) is 4.31. The highest BCUT2D eigenvalue weighted by atomic mass is 32.2. The zero-order chi connectivity index (χ0) is 22.8. The summed E-state index contributed by atoms with van der Waals surface area (Å²) in [7, 11) is -2.05. The van der Waals surface area contributed by atoms with Crippen molar-refractivity contribution in [3.8, 4) is 0 Å². The van der Waals surface area contributed by atoms with Gasteiger partial charge in [-0.2, -0.15) is 0 Å². The summed E-state index contributed by atoms with van der Waals surface area (Å²) in [4.78, 5) is 17.5. The fraction of sp³-hybridized carbons (Fsp3) is 0.417. The Kier molecular flexibility index (Phi) is 4.73. The van der Waals surface area contributed by atoms with Crippen molar-refractivity contribution >= 4 is 26.7 Å². The Morgan fingerprint density at radius 1 is 1.19 bits per heavy atom. The van der Waals surface area contributed by atoms with Gasteiger partial charge < -0.3 is 14.6 Å². The standard InChI is InChI=1S/C24H27N3O4S/c1-24(2,3)31-23(28)22-18(32(29,30)19-7-5-6-12-25-19)11-10-16-21(22)20-15-9-8-14(26-15)13-17(20)27(16)4/h5-7,10-12,14-15,26H,8-9,13H2,1-4H3. The minimum Gasteiger partial charge on any atom is -0.456 e. The number of esters is 1. The number of pyridine rings is 1. The molecule has 2 atom stereocenters. The van der Waals surface area contributed by atoms with Crippen LogP contribution in [0.15, 0.2) is 46.5 Å². The third kappa shape index (κ3) is 3.24. The van der Waals surface area contributed by atoms with Gasteiger partial charge in [-0.1, -0.05) is 6.07 Å². The van der Waals surface area contributed by atoms with Crippen LogP contribution >= 0.6 is 0 Å². The highest BCUT2D eigenvalue weighted by Gasteiger charge is 2.39. The van der Waals surface area contributed by atoms with Gasteiger partial charge in [0.1, 0.15) is 5.60 Å². The number of hydrogen-bond donors (Lipinski definition) is 1. The van der Waals surface area contributed by atoms with Crippen molar-refractivity contribution in [1.82, 2.24) is 14.9 Å². The zero-order valence-corrected chi connectivity index (χ0v) is 19.5. The number of carbonyl (C=O) groups is 1. The van der Waals surface area contributed by atoms with Gasteiger partial charge in [0.2, 0.25) is 9.84 Å². The summed E-state index contributed by atoms with van der Waals surface area (Å²) in [5.41, 5.74) is 2.35. The number of aromatic nitrogens is 2. The average molecular weight is 454 g/mol. The molecule has 4 heterocycles. The monoisotopic (exact) mass is 453 g/mol. The van der Waals surface area contributed by atoms with Gasteiger partial charge in [0.15, 0.2) is 5.03 Å². The summed E-state index contributed by atoms with van der Waals surface area (Å²) in [6, 6.07) is 8.56. The predicted octanol–water partition coefficient (Wildman–Crippen LogP) is 3.71. The second-order valence-corrected chi connectivity index (χ2v) is 11.5. The summed E-state index contributed by atoms with van der Waals surface area (Å²) in [5, 5.41) is 4.21. The second kappa shape index (κ2) is 7.15. The van der Waals surface area contributed by atoms with Crippen molar-refractivity contribution in [3.05, 3.63) is 53.3 Å². The summed E-state index contributed by atoms with van der Waals surface area (Å²) >= 11 is 0. The first-order chi connectivity index (χ1) is 15.1. The van der Waals surface area contributed by atoms with E-state index in [1.165, 1.54) is 18.3 Å². The number of aryl methyl sites for hydroxylation is 1. The molecule has 2 bridgehead atoms. The molecule has 2 unspecified atom stereocenters. The van der Waals surface area contributed by atoms with Crippen LogP contribution in [0.2, 0.25) is 0 Å². The molecule has 1 aromatic carbocycles. The Bertz CT molecular complexity index is 1340. The summed E-state index contributed by atoms with van der Waals surface area (Å²) in [5.74, 6) is -0.633. The maximum atomic E-state index is 13.6. The predicted molar refractivity (Wildman–Crippen MR) is 120 cm³/mol. The molecule has 1 saturated heterocycles. The fourth-order valence-corrected chi connectivity index (χ4v) is 6.42. The highest BCUT2D eigenvalue weighted by molar-refractivity contribution is 7.91. The van der Waals surface area contributed by atoms with Gasteiger partial charge >= 0.3 is 5.97 Å². The SMILES string of the molecule is Cn1c2c(c3c(C(=O)OC(C)(C)C)c(S(=O)(=O)c4ccccn4)ccc31)C1CCC(C2)N1. The van der Waals surface area contributed by atoms with Crippen molar-refractivity contribution in [3.63, 3.8) is 0 Å². The molecule has 1 fully saturated rings. The number of sulfone groups is 1. The van der Waals surface area contributed by atoms with E-state index in [1.807, 2.05) is 7.05 Å². The Hall–Kier alpha value is -2.71. The second-order valence-electron chi connectivity index (χ2n) is 9.62. The molecule has 8 heteroatoms. The van der Waals surface area contributed by atoms with Gasteiger partial charge in [-0.05, 0) is 63.4 Å². The van der Waals surface area contributed by atoms with Crippen molar-refractivity contribution < 1.29 is 17.9 Å². The van der Waals surface area contributed by atoms with Gasteiger partial charge in [-0.3, -0.25) is 0 Å². The molecule has 168 valence electrons. The topological polar surface area (TPSA) is 90.3 Å². The van der Waals surface area contributed by atoms with Gasteiger partial charge in [-0.15, -0.1) is 0 Å². The quantitative estimate of drug-likeness (QED) is 0.608. The molecule has 7 nitrogen and oxygen atoms in total. The minimum atomic E-state index is -4.03. The van der Waals surface area contributed by atoms with Crippen LogP contribution in [0.3, 0.4) is 0 Å². The van der Waals surface area contributed by atoms with E-state index < -0.39 is 21.4 Å². The van der Waals surface area contributed by atoms with Gasteiger partial charge in [0.05, 0.1) is 10.5 Å². The largest absolute Gasteiger partial charge is 0.456 e. The van der Waals surface area contributed by atoms with Crippen molar-refractivity contribution in [2.75, 3.05) is 0 Å². The van der Waals surface area contributed by atoms with E-state index in [1.54, 1.807) is 39.0 Å². The lowest BCUT2D eigenvalue weighted by molar-refractivity contribution is 0.00675. The van der Waals surface area contributed by atoms with Crippen LogP contribution in [0.25, 0.3) is 10.9 Å². The third-order valence-corrected chi connectivity index (χ3v) is 8.04. The van der Waals surface area contributed by atoms with E-state index in [0.717, 1.165) is 36.0 Å². The minimum absolute atomic E-state index is 0.0635. The number of ether oxygens (including phenoxy) is 1. The van der Waals surface area contributed by atoms with E-state index in [2.05, 4.69) is 14.9 Å². The molecule has 2 aromatic heterocycles. The number of fused-ring (bicyclic) bond motifs is 6. The van der Waals surface area contributed by atoms with Crippen LogP contribution in [0.4, 0.5) is 0 Å². The first-order valence-corrected chi connectivity index (χ1v) is 12.4. The number of nitrogens with zero attached hydrogens (tertiary/aromatic N) is 2. The summed E-state index contributed by atoms with van der Waals surface area (Å²) < 4.78 is 35.0. The molecule has 0 amide bonds. The highest BCUT2D eigenvalue weighted by Crippen LogP contribution is 2.44. The molecule has 0 spiro atoms. The fourth-order valence-electron chi connectivity index (χ4n) is 5.03. The lowest BCUT2D eigenvalue weighted by atomic mass is 9.96. The molecular formula is C24H27N3O4S. The van der Waals surface area contributed by atoms with Crippen molar-refractivity contribution in [2.24, 2.45) is 7.05 Å². The normalized spacial score (nSPS) is 20.4. The van der Waals surface area contributed by atoms with Gasteiger partial charge in [-0.25, -0.2) is 18.2 Å². The Labute approximate surface area is 187 Å². The molecule has 2 aliphatic heterocycles. The Morgan fingerprint density at radius 2 is 1.97 bits per heavy atom. The molecule has 0 radical (unpaired) electrons. The Balaban J connectivity index is 1.84. The lowest BCUT2D eigenvalue weighted by Gasteiger charge is -2.24. The van der Waals surface area contributed by atoms with E-state index in [-0.39, 0.29) is 21.5 Å². The first kappa shape index (κ1) is 21.2. The van der Waals surface area contributed by atoms with Gasteiger partial charge in [0, 0.05) is 48.3 Å². The smallest absolute Gasteiger partial charge is 0.340 e. The molecule has 2 aliphatic rings. The van der Waals surface area contributed by atoms with E-state index >= 15 is 0 Å². The van der Waals surface area contributed by atoms with Crippen molar-refractivity contribution in [1.29, 1.82) is 0 Å². The molecule has 3 aromatic rings. The molecule has 0 saturated carbocycles. The molecule has 0 aliphatic carbocycles. The Morgan fingerprint density at radius 3 is 2.66 bits per heavy atom. The third-order valence-electron chi connectivity index (χ3n) is 6.33. The first-order valence-electron chi connectivity index (χ1n) is 10.9. The number of benzene rings is 1. The van der Waals surface area contributed by atoms with Gasteiger partial charge in [0.25, 0.3) is 0 Å². The van der Waals surface area contributed by atoms with Crippen molar-refractivity contribution in [2.45, 2.75) is 67.6 Å². The van der Waals surface area contributed by atoms with E-state index in [4.69, 9.17) is 4.74 Å². The van der Waals surface area contributed by atoms with Crippen LogP contribution in [0.1, 0.15) is 61.3 Å². The van der Waals surface area contributed by atoms with E-state index in [0.29, 0.717) is 11.4 Å². The van der Waals surface area contributed by atoms with Crippen LogP contribution in [-0.2, 0) is 28.0 Å². The summed E-state index contributed by atoms with van der Waals surface area (Å²) in [6.45, 7) is 5.34. The average Bonchev–Trinajstić information content (AvgIpc) is 3.25. The zero-order valence-electron chi connectivity index (χ0n) is 18.7. The molecular weight excluding hydrogens is 426 g/mol. The molecule has 1 N–H and O–H groups in total. The van der Waals surface area contributed by atoms with Crippen LogP contribution in [0, 0.1) is 0 Å². The number of hydrogen-bond acceptors (Lipinski definition) is 6. The number of nitrogens with one attached hydrogen (secondary N) is 1. The van der Waals surface area contributed by atoms with E-state index in [9.17, 15) is 13.2 Å². The number of rotatable bonds is 3. The maximum Gasteiger partial charge on any atom is 0.340 e. The van der Waals surface area contributed by atoms with Crippen LogP contribution in [-0.4, -0.2) is 35.6 Å². The molecule has 32 heavy (non-hydrogen) atoms.